The molecule has 0 aliphatic carbocycles. The fraction of sp³-hybridized carbons (Fsp3) is 0.208. The summed E-state index contributed by atoms with van der Waals surface area (Å²) in [5.74, 6) is 0.0850. The molecule has 3 aromatic carbocycles. The van der Waals surface area contributed by atoms with Crippen LogP contribution in [0.2, 0.25) is 0 Å². The molecule has 2 atom stereocenters. The van der Waals surface area contributed by atoms with Crippen LogP contribution >= 0.6 is 0 Å². The molecule has 0 fully saturated rings. The van der Waals surface area contributed by atoms with E-state index in [0.717, 1.165) is 17.7 Å². The predicted molar refractivity (Wildman–Crippen MR) is 112 cm³/mol. The fourth-order valence-corrected chi connectivity index (χ4v) is 3.60. The molecule has 27 heavy (non-hydrogen) atoms. The minimum absolute atomic E-state index is 0.0480. The Kier molecular flexibility index (Phi) is 6.05. The molecule has 4 rings (SSSR count). The van der Waals surface area contributed by atoms with Gasteiger partial charge in [0.2, 0.25) is 5.91 Å². The van der Waals surface area contributed by atoms with Crippen LogP contribution in [-0.4, -0.2) is 11.9 Å². The lowest BCUT2D eigenvalue weighted by atomic mass is 9.92. The van der Waals surface area contributed by atoms with E-state index in [1.54, 1.807) is 6.92 Å². The third kappa shape index (κ3) is 4.44. The van der Waals surface area contributed by atoms with E-state index in [-0.39, 0.29) is 18.0 Å². The number of carbonyl (C=O) groups is 1. The summed E-state index contributed by atoms with van der Waals surface area (Å²) in [7, 11) is 0. The highest BCUT2D eigenvalue weighted by molar-refractivity contribution is 5.93. The molecule has 138 valence electrons. The van der Waals surface area contributed by atoms with Crippen LogP contribution in [0.3, 0.4) is 0 Å². The maximum atomic E-state index is 11.6. The fourth-order valence-electron chi connectivity index (χ4n) is 3.60. The van der Waals surface area contributed by atoms with Gasteiger partial charge in [0.05, 0.1) is 0 Å². The summed E-state index contributed by atoms with van der Waals surface area (Å²) in [6.07, 6.45) is 0.830. The van der Waals surface area contributed by atoms with Gasteiger partial charge in [0.15, 0.2) is 0 Å². The van der Waals surface area contributed by atoms with Crippen LogP contribution < -0.4 is 10.6 Å². The van der Waals surface area contributed by atoms with Gasteiger partial charge in [0.25, 0.3) is 0 Å². The summed E-state index contributed by atoms with van der Waals surface area (Å²) in [6.45, 7) is 3.64. The van der Waals surface area contributed by atoms with Crippen molar-refractivity contribution < 1.29 is 4.79 Å². The maximum Gasteiger partial charge on any atom is 0.224 e. The molecular weight excluding hydrogens is 332 g/mol. The van der Waals surface area contributed by atoms with Gasteiger partial charge in [-0.25, -0.2) is 0 Å². The quantitative estimate of drug-likeness (QED) is 0.651. The van der Waals surface area contributed by atoms with E-state index in [1.807, 2.05) is 48.2 Å². The molecule has 3 heteroatoms. The standard InChI is InChI=1S/C12H16N2O.C12H10/c1-8-7-11(13)10-5-3-4-6-12(10)14(8)9(2)15;1-3-7-11(8-4-1)12-9-5-2-6-10-12/h3-6,8,11H,7,13H2,1-2H3;1-10H. The zero-order valence-corrected chi connectivity index (χ0v) is 15.9. The molecule has 0 spiro atoms. The molecule has 3 nitrogen and oxygen atoms in total. The van der Waals surface area contributed by atoms with Gasteiger partial charge >= 0.3 is 0 Å². The van der Waals surface area contributed by atoms with Crippen LogP contribution in [0.15, 0.2) is 84.9 Å². The first-order valence-corrected chi connectivity index (χ1v) is 9.32. The van der Waals surface area contributed by atoms with Gasteiger partial charge in [-0.15, -0.1) is 0 Å². The number of fused-ring (bicyclic) bond motifs is 1. The van der Waals surface area contributed by atoms with Crippen molar-refractivity contribution in [3.05, 3.63) is 90.5 Å². The number of nitrogens with two attached hydrogens (primary N) is 1. The van der Waals surface area contributed by atoms with E-state index in [0.29, 0.717) is 0 Å². The summed E-state index contributed by atoms with van der Waals surface area (Å²) in [5, 5.41) is 0. The Hall–Kier alpha value is -2.91. The normalized spacial score (nSPS) is 18.1. The highest BCUT2D eigenvalue weighted by atomic mass is 16.2. The third-order valence-electron chi connectivity index (χ3n) is 4.85. The molecule has 2 N–H and O–H groups in total. The predicted octanol–water partition coefficient (Wildman–Crippen LogP) is 5.19. The van der Waals surface area contributed by atoms with Gasteiger partial charge in [-0.05, 0) is 36.1 Å². The molecule has 0 bridgehead atoms. The van der Waals surface area contributed by atoms with Crippen molar-refractivity contribution in [1.82, 2.24) is 0 Å². The number of nitrogens with zero attached hydrogens (tertiary/aromatic N) is 1. The summed E-state index contributed by atoms with van der Waals surface area (Å²) in [5.41, 5.74) is 10.7. The zero-order chi connectivity index (χ0) is 19.2. The van der Waals surface area contributed by atoms with Crippen molar-refractivity contribution in [2.75, 3.05) is 4.90 Å². The molecule has 1 aliphatic rings. The topological polar surface area (TPSA) is 46.3 Å². The maximum absolute atomic E-state index is 11.6. The summed E-state index contributed by atoms with van der Waals surface area (Å²) < 4.78 is 0. The Morgan fingerprint density at radius 3 is 1.85 bits per heavy atom. The summed E-state index contributed by atoms with van der Waals surface area (Å²) >= 11 is 0. The van der Waals surface area contributed by atoms with Crippen molar-refractivity contribution in [1.29, 1.82) is 0 Å². The Labute approximate surface area is 161 Å². The number of carbonyl (C=O) groups excluding carboxylic acids is 1. The van der Waals surface area contributed by atoms with Crippen molar-refractivity contribution >= 4 is 11.6 Å². The van der Waals surface area contributed by atoms with Crippen molar-refractivity contribution in [3.63, 3.8) is 0 Å². The number of hydrogen-bond donors (Lipinski definition) is 1. The van der Waals surface area contributed by atoms with Crippen molar-refractivity contribution in [2.24, 2.45) is 5.73 Å². The van der Waals surface area contributed by atoms with Gasteiger partial charge in [-0.1, -0.05) is 78.9 Å². The number of anilines is 1. The Morgan fingerprint density at radius 1 is 0.852 bits per heavy atom. The van der Waals surface area contributed by atoms with Gasteiger partial charge < -0.3 is 10.6 Å². The Bertz CT molecular complexity index is 840. The van der Waals surface area contributed by atoms with E-state index < -0.39 is 0 Å². The van der Waals surface area contributed by atoms with Crippen LogP contribution in [0.5, 0.6) is 0 Å². The minimum atomic E-state index is 0.0480. The largest absolute Gasteiger partial charge is 0.324 e. The molecule has 2 unspecified atom stereocenters. The molecule has 1 amide bonds. The van der Waals surface area contributed by atoms with Crippen LogP contribution in [0.25, 0.3) is 11.1 Å². The average molecular weight is 358 g/mol. The highest BCUT2D eigenvalue weighted by Gasteiger charge is 2.29. The molecular formula is C24H26N2O. The second kappa shape index (κ2) is 8.65. The van der Waals surface area contributed by atoms with Gasteiger partial charge in [-0.2, -0.15) is 0 Å². The third-order valence-corrected chi connectivity index (χ3v) is 4.85. The Balaban J connectivity index is 0.000000159. The van der Waals surface area contributed by atoms with E-state index in [1.165, 1.54) is 11.1 Å². The molecule has 0 saturated heterocycles. The zero-order valence-electron chi connectivity index (χ0n) is 15.9. The van der Waals surface area contributed by atoms with E-state index in [2.05, 4.69) is 48.5 Å². The van der Waals surface area contributed by atoms with E-state index in [4.69, 9.17) is 5.73 Å². The van der Waals surface area contributed by atoms with E-state index >= 15 is 0 Å². The molecule has 1 heterocycles. The first kappa shape index (κ1) is 18.9. The number of para-hydroxylation sites is 1. The molecule has 0 saturated carbocycles. The number of hydrogen-bond acceptors (Lipinski definition) is 2. The Morgan fingerprint density at radius 2 is 1.33 bits per heavy atom. The van der Waals surface area contributed by atoms with Crippen molar-refractivity contribution in [3.8, 4) is 11.1 Å². The minimum Gasteiger partial charge on any atom is -0.324 e. The first-order chi connectivity index (χ1) is 13.1. The number of benzene rings is 3. The number of rotatable bonds is 1. The van der Waals surface area contributed by atoms with Crippen LogP contribution in [0.1, 0.15) is 31.9 Å². The average Bonchev–Trinajstić information content (AvgIpc) is 2.70. The smallest absolute Gasteiger partial charge is 0.224 e. The first-order valence-electron chi connectivity index (χ1n) is 9.32. The van der Waals surface area contributed by atoms with Gasteiger partial charge in [-0.3, -0.25) is 4.79 Å². The highest BCUT2D eigenvalue weighted by Crippen LogP contribution is 2.35. The van der Waals surface area contributed by atoms with Crippen LogP contribution in [0, 0.1) is 0 Å². The number of amides is 1. The van der Waals surface area contributed by atoms with Gasteiger partial charge in [0, 0.05) is 24.7 Å². The second-order valence-corrected chi connectivity index (χ2v) is 6.87. The lowest BCUT2D eigenvalue weighted by Gasteiger charge is -2.37. The molecule has 0 aromatic heterocycles. The van der Waals surface area contributed by atoms with Gasteiger partial charge in [0.1, 0.15) is 0 Å². The lowest BCUT2D eigenvalue weighted by molar-refractivity contribution is -0.117. The van der Waals surface area contributed by atoms with Crippen molar-refractivity contribution in [2.45, 2.75) is 32.4 Å². The monoisotopic (exact) mass is 358 g/mol. The lowest BCUT2D eigenvalue weighted by Crippen LogP contribution is -2.43. The van der Waals surface area contributed by atoms with Crippen LogP contribution in [-0.2, 0) is 4.79 Å². The molecule has 0 radical (unpaired) electrons. The SMILES string of the molecule is CC(=O)N1c2ccccc2C(N)CC1C.c1ccc(-c2ccccc2)cc1. The molecule has 3 aromatic rings. The molecule has 1 aliphatic heterocycles. The van der Waals surface area contributed by atoms with Crippen LogP contribution in [0.4, 0.5) is 5.69 Å². The summed E-state index contributed by atoms with van der Waals surface area (Å²) in [4.78, 5) is 13.4. The summed E-state index contributed by atoms with van der Waals surface area (Å²) in [6, 6.07) is 28.9. The second-order valence-electron chi connectivity index (χ2n) is 6.87. The van der Waals surface area contributed by atoms with E-state index in [9.17, 15) is 4.79 Å².